The molecule has 1 aromatic carbocycles. The van der Waals surface area contributed by atoms with Gasteiger partial charge >= 0.3 is 28.2 Å². The molecular weight excluding hydrogens is 527 g/mol. The van der Waals surface area contributed by atoms with Gasteiger partial charge in [0.1, 0.15) is 0 Å². The van der Waals surface area contributed by atoms with Crippen molar-refractivity contribution in [1.82, 2.24) is 9.13 Å². The van der Waals surface area contributed by atoms with Crippen LogP contribution in [0.5, 0.6) is 0 Å². The fraction of sp³-hybridized carbons (Fsp3) is 0.400. The Morgan fingerprint density at radius 3 is 1.77 bits per heavy atom. The molecule has 3 aromatic rings. The summed E-state index contributed by atoms with van der Waals surface area (Å²) in [6.45, 7) is 6.42. The zero-order chi connectivity index (χ0) is 18.8. The molecule has 0 spiro atoms. The SMILES string of the molecule is CCCC[n+]1[c-]n(-c2[c-]c(-n3[c-][n+](CCCC)cc3)ccc2)cc1.[Cl][Pt]. The molecule has 6 heteroatoms. The third-order valence-electron chi connectivity index (χ3n) is 4.05. The zero-order valence-electron chi connectivity index (χ0n) is 15.3. The third-order valence-corrected chi connectivity index (χ3v) is 4.05. The molecule has 0 amide bonds. The molecule has 0 saturated carbocycles. The standard InChI is InChI=1S/C20H25N4.ClH.Pt/c1-3-5-10-21-12-14-23(17-21)19-8-7-9-20(16-19)24-15-13-22(18-24)11-6-4-2;;/h7-9,12-15H,3-6,10-11H2,1-2H3;1H;/q-1;;+1/p-1. The minimum atomic E-state index is 0.991. The molecule has 0 bridgehead atoms. The van der Waals surface area contributed by atoms with Gasteiger partial charge in [-0.25, -0.2) is 0 Å². The number of aromatic nitrogens is 4. The average molecular weight is 552 g/mol. The number of benzene rings is 1. The topological polar surface area (TPSA) is 17.6 Å². The van der Waals surface area contributed by atoms with E-state index in [2.05, 4.69) is 81.7 Å². The van der Waals surface area contributed by atoms with Gasteiger partial charge in [0.25, 0.3) is 0 Å². The Balaban J connectivity index is 0.00000117. The summed E-state index contributed by atoms with van der Waals surface area (Å²) in [6.07, 6.45) is 19.6. The van der Waals surface area contributed by atoms with Gasteiger partial charge < -0.3 is 18.3 Å². The molecule has 0 aliphatic carbocycles. The first-order valence-electron chi connectivity index (χ1n) is 8.95. The Morgan fingerprint density at radius 2 is 1.35 bits per heavy atom. The van der Waals surface area contributed by atoms with Crippen molar-refractivity contribution >= 4 is 9.42 Å². The summed E-state index contributed by atoms with van der Waals surface area (Å²) in [5.41, 5.74) is 1.98. The summed E-state index contributed by atoms with van der Waals surface area (Å²) in [5.74, 6) is 0. The van der Waals surface area contributed by atoms with Gasteiger partial charge in [-0.15, -0.1) is 0 Å². The van der Waals surface area contributed by atoms with E-state index in [-0.39, 0.29) is 0 Å². The first kappa shape index (κ1) is 20.9. The maximum absolute atomic E-state index is 4.61. The molecule has 0 saturated heterocycles. The number of rotatable bonds is 8. The van der Waals surface area contributed by atoms with Gasteiger partial charge in [-0.3, -0.25) is 0 Å². The number of aryl methyl sites for hydroxylation is 2. The molecule has 0 aliphatic heterocycles. The number of unbranched alkanes of at least 4 members (excludes halogenated alkanes) is 2. The minimum absolute atomic E-state index is 0.991. The first-order chi connectivity index (χ1) is 12.8. The van der Waals surface area contributed by atoms with Crippen LogP contribution in [0.1, 0.15) is 39.5 Å². The van der Waals surface area contributed by atoms with Crippen LogP contribution in [0.4, 0.5) is 0 Å². The van der Waals surface area contributed by atoms with Crippen LogP contribution < -0.4 is 9.13 Å². The number of halogens is 1. The second-order valence-corrected chi connectivity index (χ2v) is 6.05. The van der Waals surface area contributed by atoms with Crippen LogP contribution >= 0.6 is 9.42 Å². The summed E-state index contributed by atoms with van der Waals surface area (Å²) in [5, 5.41) is 0. The molecule has 4 nitrogen and oxygen atoms in total. The molecular formula is C20H25ClN4Pt-. The van der Waals surface area contributed by atoms with Crippen molar-refractivity contribution in [3.05, 3.63) is 61.7 Å². The van der Waals surface area contributed by atoms with Crippen molar-refractivity contribution in [2.24, 2.45) is 0 Å². The van der Waals surface area contributed by atoms with E-state index < -0.39 is 0 Å². The van der Waals surface area contributed by atoms with E-state index in [9.17, 15) is 0 Å². The summed E-state index contributed by atoms with van der Waals surface area (Å²) >= 11 is 1.61. The monoisotopic (exact) mass is 551 g/mol. The summed E-state index contributed by atoms with van der Waals surface area (Å²) in [4.78, 5) is 0. The van der Waals surface area contributed by atoms with E-state index >= 15 is 0 Å². The summed E-state index contributed by atoms with van der Waals surface area (Å²) < 4.78 is 8.19. The molecule has 0 unspecified atom stereocenters. The molecule has 3 rings (SSSR count). The third kappa shape index (κ3) is 5.82. The van der Waals surface area contributed by atoms with Crippen LogP contribution in [-0.4, -0.2) is 9.13 Å². The van der Waals surface area contributed by atoms with E-state index in [1.807, 2.05) is 21.5 Å². The Bertz CT molecular complexity index is 720. The Labute approximate surface area is 171 Å². The van der Waals surface area contributed by atoms with E-state index in [1.165, 1.54) is 25.7 Å². The molecule has 26 heavy (non-hydrogen) atoms. The van der Waals surface area contributed by atoms with Gasteiger partial charge in [-0.1, -0.05) is 38.1 Å². The molecule has 2 heterocycles. The Kier molecular flexibility index (Phi) is 9.14. The van der Waals surface area contributed by atoms with Crippen LogP contribution in [0.15, 0.2) is 43.0 Å². The van der Waals surface area contributed by atoms with Gasteiger partial charge in [-0.05, 0) is 12.8 Å². The van der Waals surface area contributed by atoms with Gasteiger partial charge in [-0.2, -0.15) is 24.3 Å². The maximum atomic E-state index is 4.61. The second-order valence-electron chi connectivity index (χ2n) is 6.05. The molecule has 143 valence electrons. The molecule has 0 radical (unpaired) electrons. The van der Waals surface area contributed by atoms with Gasteiger partial charge in [0.15, 0.2) is 0 Å². The molecule has 0 N–H and O–H groups in total. The van der Waals surface area contributed by atoms with Crippen molar-refractivity contribution in [2.75, 3.05) is 0 Å². The predicted molar refractivity (Wildman–Crippen MR) is 97.7 cm³/mol. The predicted octanol–water partition coefficient (Wildman–Crippen LogP) is 3.53. The number of nitrogens with zero attached hydrogens (tertiary/aromatic N) is 4. The van der Waals surface area contributed by atoms with Crippen LogP contribution in [0.2, 0.25) is 0 Å². The summed E-state index contributed by atoms with van der Waals surface area (Å²) in [6, 6.07) is 9.61. The van der Waals surface area contributed by atoms with Crippen LogP contribution in [-0.2, 0) is 31.9 Å². The van der Waals surface area contributed by atoms with Crippen molar-refractivity contribution < 1.29 is 27.9 Å². The van der Waals surface area contributed by atoms with Crippen molar-refractivity contribution in [2.45, 2.75) is 52.6 Å². The van der Waals surface area contributed by atoms with Gasteiger partial charge in [0, 0.05) is 24.8 Å². The normalized spacial score (nSPS) is 10.5. The summed E-state index contributed by atoms with van der Waals surface area (Å²) in [7, 11) is 4.61. The van der Waals surface area contributed by atoms with E-state index in [4.69, 9.17) is 0 Å². The fourth-order valence-corrected chi connectivity index (χ4v) is 2.60. The van der Waals surface area contributed by atoms with E-state index in [0.717, 1.165) is 24.5 Å². The Hall–Kier alpha value is -1.38. The zero-order valence-corrected chi connectivity index (χ0v) is 18.3. The van der Waals surface area contributed by atoms with E-state index in [1.54, 1.807) is 18.8 Å². The van der Waals surface area contributed by atoms with Gasteiger partial charge in [0.2, 0.25) is 12.7 Å². The van der Waals surface area contributed by atoms with Crippen LogP contribution in [0, 0.1) is 18.7 Å². The molecule has 0 aliphatic rings. The molecule has 0 atom stereocenters. The number of imidazole rings is 2. The fourth-order valence-electron chi connectivity index (χ4n) is 2.60. The van der Waals surface area contributed by atoms with Crippen LogP contribution in [0.25, 0.3) is 11.4 Å². The molecule has 0 fully saturated rings. The van der Waals surface area contributed by atoms with E-state index in [0.29, 0.717) is 0 Å². The van der Waals surface area contributed by atoms with Crippen molar-refractivity contribution in [3.63, 3.8) is 0 Å². The van der Waals surface area contributed by atoms with Crippen molar-refractivity contribution in [3.8, 4) is 11.4 Å². The number of hydrogen-bond acceptors (Lipinski definition) is 0. The number of hydrogen-bond donors (Lipinski definition) is 0. The quantitative estimate of drug-likeness (QED) is 0.301. The van der Waals surface area contributed by atoms with Gasteiger partial charge in [0.05, 0.1) is 13.1 Å². The average Bonchev–Trinajstić information content (AvgIpc) is 3.36. The molecule has 2 aromatic heterocycles. The first-order valence-corrected chi connectivity index (χ1v) is 11.8. The Morgan fingerprint density at radius 1 is 0.885 bits per heavy atom. The van der Waals surface area contributed by atoms with Crippen LogP contribution in [0.3, 0.4) is 0 Å². The van der Waals surface area contributed by atoms with Crippen molar-refractivity contribution in [1.29, 1.82) is 0 Å². The second kappa shape index (κ2) is 11.4.